The smallest absolute Gasteiger partial charge is 0.309 e. The highest BCUT2D eigenvalue weighted by Gasteiger charge is 2.10. The van der Waals surface area contributed by atoms with Crippen molar-refractivity contribution in [2.24, 2.45) is 5.92 Å². The Morgan fingerprint density at radius 2 is 1.21 bits per heavy atom. The maximum atomic E-state index is 11.3. The molecule has 0 saturated heterocycles. The Bertz CT molecular complexity index is 750. The van der Waals surface area contributed by atoms with E-state index in [1.807, 2.05) is 48.5 Å². The van der Waals surface area contributed by atoms with Crippen molar-refractivity contribution in [3.05, 3.63) is 70.8 Å². The average molecular weight is 384 g/mol. The van der Waals surface area contributed by atoms with Crippen LogP contribution in [0, 0.1) is 5.92 Å². The molecule has 0 aliphatic heterocycles. The Labute approximate surface area is 166 Å². The summed E-state index contributed by atoms with van der Waals surface area (Å²) in [4.78, 5) is 22.6. The summed E-state index contributed by atoms with van der Waals surface area (Å²) in [6, 6.07) is 15.8. The zero-order valence-electron chi connectivity index (χ0n) is 16.5. The number of benzene rings is 2. The van der Waals surface area contributed by atoms with Gasteiger partial charge in [0.05, 0.1) is 27.1 Å². The van der Waals surface area contributed by atoms with Gasteiger partial charge in [-0.2, -0.15) is 0 Å². The van der Waals surface area contributed by atoms with Crippen molar-refractivity contribution >= 4 is 11.9 Å². The lowest BCUT2D eigenvalue weighted by molar-refractivity contribution is -0.140. The predicted octanol–water partition coefficient (Wildman–Crippen LogP) is 2.90. The van der Waals surface area contributed by atoms with Crippen molar-refractivity contribution in [2.75, 3.05) is 20.8 Å². The molecule has 1 N–H and O–H groups in total. The minimum atomic E-state index is -0.251. The molecule has 28 heavy (non-hydrogen) atoms. The predicted molar refractivity (Wildman–Crippen MR) is 107 cm³/mol. The molecule has 1 unspecified atom stereocenters. The number of aliphatic hydroxyl groups is 1. The summed E-state index contributed by atoms with van der Waals surface area (Å²) < 4.78 is 9.35. The van der Waals surface area contributed by atoms with Crippen LogP contribution in [0.1, 0.15) is 28.7 Å². The maximum absolute atomic E-state index is 11.3. The lowest BCUT2D eigenvalue weighted by atomic mass is 9.92. The maximum Gasteiger partial charge on any atom is 0.309 e. The molecule has 0 fully saturated rings. The highest BCUT2D eigenvalue weighted by molar-refractivity contribution is 5.72. The first kappa shape index (κ1) is 21.6. The SMILES string of the molecule is COC(=O)Cc1ccc(CCC(CO)Cc2ccc(CC(=O)OC)cc2)cc1. The summed E-state index contributed by atoms with van der Waals surface area (Å²) in [6.07, 6.45) is 3.07. The Kier molecular flexibility index (Phi) is 8.69. The Hall–Kier alpha value is -2.66. The standard InChI is InChI=1S/C23H28O5/c1-27-22(25)14-19-6-3-17(4-7-19)5-12-21(16-24)13-18-8-10-20(11-9-18)15-23(26)28-2/h3-4,6-11,21,24H,5,12-16H2,1-2H3. The fraction of sp³-hybridized carbons (Fsp3) is 0.391. The van der Waals surface area contributed by atoms with Crippen molar-refractivity contribution in [3.63, 3.8) is 0 Å². The molecule has 2 aromatic carbocycles. The molecular weight excluding hydrogens is 356 g/mol. The van der Waals surface area contributed by atoms with Gasteiger partial charge in [-0.1, -0.05) is 48.5 Å². The van der Waals surface area contributed by atoms with Crippen molar-refractivity contribution in [1.29, 1.82) is 0 Å². The van der Waals surface area contributed by atoms with Gasteiger partial charge in [0.15, 0.2) is 0 Å². The number of carbonyl (C=O) groups excluding carboxylic acids is 2. The fourth-order valence-corrected chi connectivity index (χ4v) is 3.06. The number of hydrogen-bond acceptors (Lipinski definition) is 5. The number of rotatable bonds is 10. The fourth-order valence-electron chi connectivity index (χ4n) is 3.06. The molecule has 0 bridgehead atoms. The monoisotopic (exact) mass is 384 g/mol. The second-order valence-electron chi connectivity index (χ2n) is 6.93. The summed E-state index contributed by atoms with van der Waals surface area (Å²) in [7, 11) is 2.77. The molecule has 0 saturated carbocycles. The van der Waals surface area contributed by atoms with E-state index >= 15 is 0 Å². The average Bonchev–Trinajstić information content (AvgIpc) is 2.73. The van der Waals surface area contributed by atoms with Gasteiger partial charge < -0.3 is 14.6 Å². The van der Waals surface area contributed by atoms with Crippen LogP contribution in [0.15, 0.2) is 48.5 Å². The summed E-state index contributed by atoms with van der Waals surface area (Å²) in [6.45, 7) is 0.129. The summed E-state index contributed by atoms with van der Waals surface area (Å²) in [5.74, 6) is -0.328. The third-order valence-corrected chi connectivity index (χ3v) is 4.82. The normalized spacial score (nSPS) is 11.7. The zero-order valence-corrected chi connectivity index (χ0v) is 16.5. The lowest BCUT2D eigenvalue weighted by Gasteiger charge is -2.15. The van der Waals surface area contributed by atoms with Gasteiger partial charge in [0, 0.05) is 6.61 Å². The molecule has 5 heteroatoms. The van der Waals surface area contributed by atoms with Gasteiger partial charge in [-0.3, -0.25) is 9.59 Å². The molecule has 5 nitrogen and oxygen atoms in total. The minimum absolute atomic E-state index is 0.129. The van der Waals surface area contributed by atoms with Crippen molar-refractivity contribution in [3.8, 4) is 0 Å². The van der Waals surface area contributed by atoms with E-state index in [0.717, 1.165) is 36.0 Å². The van der Waals surface area contributed by atoms with Gasteiger partial charge in [-0.15, -0.1) is 0 Å². The molecule has 0 heterocycles. The van der Waals surface area contributed by atoms with Crippen LogP contribution in [0.5, 0.6) is 0 Å². The van der Waals surface area contributed by atoms with Crippen LogP contribution in [0.25, 0.3) is 0 Å². The van der Waals surface area contributed by atoms with Crippen LogP contribution < -0.4 is 0 Å². The van der Waals surface area contributed by atoms with Crippen molar-refractivity contribution < 1.29 is 24.2 Å². The number of aliphatic hydroxyl groups excluding tert-OH is 1. The highest BCUT2D eigenvalue weighted by Crippen LogP contribution is 2.17. The summed E-state index contributed by atoms with van der Waals surface area (Å²) >= 11 is 0. The lowest BCUT2D eigenvalue weighted by Crippen LogP contribution is -2.11. The molecule has 2 rings (SSSR count). The van der Waals surface area contributed by atoms with Crippen LogP contribution in [0.3, 0.4) is 0 Å². The molecule has 0 amide bonds. The van der Waals surface area contributed by atoms with Gasteiger partial charge in [0.1, 0.15) is 0 Å². The van der Waals surface area contributed by atoms with E-state index in [1.54, 1.807) is 0 Å². The zero-order chi connectivity index (χ0) is 20.4. The van der Waals surface area contributed by atoms with Gasteiger partial charge in [0.25, 0.3) is 0 Å². The van der Waals surface area contributed by atoms with E-state index in [9.17, 15) is 14.7 Å². The molecule has 1 atom stereocenters. The molecule has 0 aromatic heterocycles. The van der Waals surface area contributed by atoms with Crippen LogP contribution in [0.2, 0.25) is 0 Å². The van der Waals surface area contributed by atoms with E-state index in [-0.39, 0.29) is 37.3 Å². The second-order valence-corrected chi connectivity index (χ2v) is 6.93. The van der Waals surface area contributed by atoms with E-state index in [0.29, 0.717) is 0 Å². The van der Waals surface area contributed by atoms with Crippen molar-refractivity contribution in [1.82, 2.24) is 0 Å². The van der Waals surface area contributed by atoms with Crippen LogP contribution in [-0.4, -0.2) is 37.9 Å². The largest absolute Gasteiger partial charge is 0.469 e. The molecule has 150 valence electrons. The topological polar surface area (TPSA) is 72.8 Å². The Morgan fingerprint density at radius 1 is 0.786 bits per heavy atom. The third-order valence-electron chi connectivity index (χ3n) is 4.82. The number of methoxy groups -OCH3 is 2. The van der Waals surface area contributed by atoms with Crippen molar-refractivity contribution in [2.45, 2.75) is 32.1 Å². The first-order chi connectivity index (χ1) is 13.5. The number of esters is 2. The molecule has 0 spiro atoms. The van der Waals surface area contributed by atoms with E-state index in [1.165, 1.54) is 19.8 Å². The van der Waals surface area contributed by atoms with Gasteiger partial charge in [0.2, 0.25) is 0 Å². The Balaban J connectivity index is 1.85. The Morgan fingerprint density at radius 3 is 1.64 bits per heavy atom. The summed E-state index contributed by atoms with van der Waals surface area (Å²) in [5, 5.41) is 9.73. The first-order valence-corrected chi connectivity index (χ1v) is 9.44. The van der Waals surface area contributed by atoms with Crippen LogP contribution in [-0.2, 0) is 44.7 Å². The van der Waals surface area contributed by atoms with Crippen LogP contribution >= 0.6 is 0 Å². The number of aryl methyl sites for hydroxylation is 1. The van der Waals surface area contributed by atoms with Crippen LogP contribution in [0.4, 0.5) is 0 Å². The number of hydrogen-bond donors (Lipinski definition) is 1. The number of ether oxygens (including phenoxy) is 2. The van der Waals surface area contributed by atoms with Gasteiger partial charge >= 0.3 is 11.9 Å². The molecular formula is C23H28O5. The van der Waals surface area contributed by atoms with Gasteiger partial charge in [-0.25, -0.2) is 0 Å². The quantitative estimate of drug-likeness (QED) is 0.638. The molecule has 0 aliphatic carbocycles. The number of carbonyl (C=O) groups is 2. The molecule has 2 aromatic rings. The molecule has 0 radical (unpaired) electrons. The van der Waals surface area contributed by atoms with Gasteiger partial charge in [-0.05, 0) is 47.4 Å². The third kappa shape index (κ3) is 7.16. The van der Waals surface area contributed by atoms with E-state index in [2.05, 4.69) is 9.47 Å². The summed E-state index contributed by atoms with van der Waals surface area (Å²) in [5.41, 5.74) is 4.17. The second kappa shape index (κ2) is 11.2. The first-order valence-electron chi connectivity index (χ1n) is 9.44. The molecule has 0 aliphatic rings. The van der Waals surface area contributed by atoms with E-state index < -0.39 is 0 Å². The highest BCUT2D eigenvalue weighted by atomic mass is 16.5. The van der Waals surface area contributed by atoms with E-state index in [4.69, 9.17) is 0 Å². The minimum Gasteiger partial charge on any atom is -0.469 e.